The average Bonchev–Trinajstić information content (AvgIpc) is 2.93. The molecule has 0 radical (unpaired) electrons. The first kappa shape index (κ1) is 18.4. The van der Waals surface area contributed by atoms with E-state index in [-0.39, 0.29) is 23.6 Å². The van der Waals surface area contributed by atoms with Gasteiger partial charge in [0, 0.05) is 19.6 Å². The summed E-state index contributed by atoms with van der Waals surface area (Å²) in [7, 11) is 1.79. The molecule has 1 aromatic carbocycles. The van der Waals surface area contributed by atoms with Crippen molar-refractivity contribution in [3.63, 3.8) is 0 Å². The standard InChI is InChI=1S/C16H24N2O5S/c1-18(13-7-9-24(20,21)11-13)16(19)17-8-6-12-4-5-14(22-2)15(10-12)23-3/h4-5,10,13H,6-9,11H2,1-3H3,(H,17,19). The van der Waals surface area contributed by atoms with Crippen LogP contribution in [0.5, 0.6) is 11.5 Å². The number of urea groups is 1. The number of rotatable bonds is 6. The molecule has 7 nitrogen and oxygen atoms in total. The van der Waals surface area contributed by atoms with Gasteiger partial charge in [0.15, 0.2) is 21.3 Å². The lowest BCUT2D eigenvalue weighted by atomic mass is 10.1. The molecule has 0 spiro atoms. The van der Waals surface area contributed by atoms with Crippen molar-refractivity contribution in [3.05, 3.63) is 23.8 Å². The second-order valence-electron chi connectivity index (χ2n) is 5.84. The Kier molecular flexibility index (Phi) is 5.93. The highest BCUT2D eigenvalue weighted by Crippen LogP contribution is 2.27. The van der Waals surface area contributed by atoms with E-state index in [4.69, 9.17) is 9.47 Å². The molecule has 1 unspecified atom stereocenters. The van der Waals surface area contributed by atoms with Crippen molar-refractivity contribution >= 4 is 15.9 Å². The fourth-order valence-corrected chi connectivity index (χ4v) is 4.50. The largest absolute Gasteiger partial charge is 0.493 e. The zero-order valence-electron chi connectivity index (χ0n) is 14.2. The Morgan fingerprint density at radius 2 is 2.00 bits per heavy atom. The molecule has 0 saturated carbocycles. The normalized spacial score (nSPS) is 18.9. The quantitative estimate of drug-likeness (QED) is 0.824. The van der Waals surface area contributed by atoms with Gasteiger partial charge in [0.25, 0.3) is 0 Å². The number of methoxy groups -OCH3 is 2. The molecule has 1 aliphatic rings. The molecule has 1 fully saturated rings. The number of carbonyl (C=O) groups is 1. The maximum atomic E-state index is 12.1. The van der Waals surface area contributed by atoms with Gasteiger partial charge in [-0.25, -0.2) is 13.2 Å². The number of amides is 2. The minimum atomic E-state index is -3.00. The summed E-state index contributed by atoms with van der Waals surface area (Å²) >= 11 is 0. The van der Waals surface area contributed by atoms with Gasteiger partial charge in [-0.05, 0) is 30.5 Å². The van der Waals surface area contributed by atoms with Crippen LogP contribution in [0.25, 0.3) is 0 Å². The predicted octanol–water partition coefficient (Wildman–Crippen LogP) is 1.07. The van der Waals surface area contributed by atoms with Crippen molar-refractivity contribution < 1.29 is 22.7 Å². The first-order valence-electron chi connectivity index (χ1n) is 7.78. The summed E-state index contributed by atoms with van der Waals surface area (Å²) in [5, 5.41) is 2.82. The predicted molar refractivity (Wildman–Crippen MR) is 91.5 cm³/mol. The number of nitrogens with zero attached hydrogens (tertiary/aromatic N) is 1. The molecule has 134 valence electrons. The van der Waals surface area contributed by atoms with Crippen LogP contribution >= 0.6 is 0 Å². The maximum absolute atomic E-state index is 12.1. The summed E-state index contributed by atoms with van der Waals surface area (Å²) in [5.74, 6) is 1.51. The van der Waals surface area contributed by atoms with Crippen LogP contribution in [-0.2, 0) is 16.3 Å². The van der Waals surface area contributed by atoms with Crippen molar-refractivity contribution in [1.82, 2.24) is 10.2 Å². The Morgan fingerprint density at radius 3 is 2.58 bits per heavy atom. The summed E-state index contributed by atoms with van der Waals surface area (Å²) in [5.41, 5.74) is 1.01. The Bertz CT molecular complexity index is 690. The molecule has 2 amide bonds. The van der Waals surface area contributed by atoms with E-state index >= 15 is 0 Å². The van der Waals surface area contributed by atoms with E-state index in [1.165, 1.54) is 4.90 Å². The van der Waals surface area contributed by atoms with Crippen LogP contribution < -0.4 is 14.8 Å². The van der Waals surface area contributed by atoms with Crippen molar-refractivity contribution in [3.8, 4) is 11.5 Å². The van der Waals surface area contributed by atoms with Crippen LogP contribution in [0.15, 0.2) is 18.2 Å². The molecule has 0 aromatic heterocycles. The number of hydrogen-bond donors (Lipinski definition) is 1. The highest BCUT2D eigenvalue weighted by atomic mass is 32.2. The first-order valence-corrected chi connectivity index (χ1v) is 9.60. The first-order chi connectivity index (χ1) is 11.4. The van der Waals surface area contributed by atoms with E-state index in [1.807, 2.05) is 18.2 Å². The van der Waals surface area contributed by atoms with E-state index in [0.717, 1.165) is 5.56 Å². The number of hydrogen-bond acceptors (Lipinski definition) is 5. The van der Waals surface area contributed by atoms with Crippen LogP contribution in [-0.4, -0.2) is 64.7 Å². The summed E-state index contributed by atoms with van der Waals surface area (Å²) in [6.07, 6.45) is 1.14. The van der Waals surface area contributed by atoms with Gasteiger partial charge in [-0.2, -0.15) is 0 Å². The second kappa shape index (κ2) is 7.74. The zero-order valence-corrected chi connectivity index (χ0v) is 15.1. The van der Waals surface area contributed by atoms with Gasteiger partial charge >= 0.3 is 6.03 Å². The third-order valence-electron chi connectivity index (χ3n) is 4.21. The molecular weight excluding hydrogens is 332 g/mol. The smallest absolute Gasteiger partial charge is 0.317 e. The highest BCUT2D eigenvalue weighted by molar-refractivity contribution is 7.91. The van der Waals surface area contributed by atoms with Gasteiger partial charge in [-0.15, -0.1) is 0 Å². The van der Waals surface area contributed by atoms with E-state index in [9.17, 15) is 13.2 Å². The molecule has 1 heterocycles. The van der Waals surface area contributed by atoms with Gasteiger partial charge in [-0.3, -0.25) is 0 Å². The number of benzene rings is 1. The third-order valence-corrected chi connectivity index (χ3v) is 5.96. The molecular formula is C16H24N2O5S. The lowest BCUT2D eigenvalue weighted by Crippen LogP contribution is -2.44. The van der Waals surface area contributed by atoms with E-state index in [0.29, 0.717) is 30.9 Å². The van der Waals surface area contributed by atoms with Crippen LogP contribution in [0.3, 0.4) is 0 Å². The van der Waals surface area contributed by atoms with Crippen molar-refractivity contribution in [1.29, 1.82) is 0 Å². The summed E-state index contributed by atoms with van der Waals surface area (Å²) in [4.78, 5) is 13.6. The summed E-state index contributed by atoms with van der Waals surface area (Å²) < 4.78 is 33.4. The third kappa shape index (κ3) is 4.53. The van der Waals surface area contributed by atoms with E-state index in [2.05, 4.69) is 5.32 Å². The average molecular weight is 356 g/mol. The number of carbonyl (C=O) groups excluding carboxylic acids is 1. The lowest BCUT2D eigenvalue weighted by molar-refractivity contribution is 0.195. The SMILES string of the molecule is COc1ccc(CCNC(=O)N(C)C2CCS(=O)(=O)C2)cc1OC. The van der Waals surface area contributed by atoms with Crippen LogP contribution in [0.2, 0.25) is 0 Å². The lowest BCUT2D eigenvalue weighted by Gasteiger charge is -2.23. The molecule has 0 bridgehead atoms. The minimum Gasteiger partial charge on any atom is -0.493 e. The highest BCUT2D eigenvalue weighted by Gasteiger charge is 2.32. The number of sulfone groups is 1. The monoisotopic (exact) mass is 356 g/mol. The van der Waals surface area contributed by atoms with Gasteiger partial charge in [0.2, 0.25) is 0 Å². The second-order valence-corrected chi connectivity index (χ2v) is 8.07. The molecule has 1 N–H and O–H groups in total. The molecule has 1 aromatic rings. The minimum absolute atomic E-state index is 0.0482. The molecule has 8 heteroatoms. The molecule has 1 aliphatic heterocycles. The van der Waals surface area contributed by atoms with Crippen molar-refractivity contribution in [2.24, 2.45) is 0 Å². The van der Waals surface area contributed by atoms with Gasteiger partial charge < -0.3 is 19.7 Å². The van der Waals surface area contributed by atoms with Crippen molar-refractivity contribution in [2.45, 2.75) is 18.9 Å². The van der Waals surface area contributed by atoms with Gasteiger partial charge in [0.1, 0.15) is 0 Å². The topological polar surface area (TPSA) is 84.9 Å². The fourth-order valence-electron chi connectivity index (χ4n) is 2.72. The van der Waals surface area contributed by atoms with Crippen LogP contribution in [0, 0.1) is 0 Å². The van der Waals surface area contributed by atoms with E-state index < -0.39 is 9.84 Å². The molecule has 0 aliphatic carbocycles. The zero-order chi connectivity index (χ0) is 17.7. The van der Waals surface area contributed by atoms with Crippen molar-refractivity contribution in [2.75, 3.05) is 39.3 Å². The van der Waals surface area contributed by atoms with E-state index in [1.54, 1.807) is 21.3 Å². The van der Waals surface area contributed by atoms with Crippen LogP contribution in [0.1, 0.15) is 12.0 Å². The molecule has 1 saturated heterocycles. The molecule has 2 rings (SSSR count). The Balaban J connectivity index is 1.84. The fraction of sp³-hybridized carbons (Fsp3) is 0.562. The Hall–Kier alpha value is -1.96. The number of ether oxygens (including phenoxy) is 2. The summed E-state index contributed by atoms with van der Waals surface area (Å²) in [6.45, 7) is 0.456. The molecule has 24 heavy (non-hydrogen) atoms. The Morgan fingerprint density at radius 1 is 1.29 bits per heavy atom. The molecule has 1 atom stereocenters. The Labute approximate surface area is 142 Å². The van der Waals surface area contributed by atoms with Crippen LogP contribution in [0.4, 0.5) is 4.79 Å². The van der Waals surface area contributed by atoms with Gasteiger partial charge in [0.05, 0.1) is 25.7 Å². The maximum Gasteiger partial charge on any atom is 0.317 e. The van der Waals surface area contributed by atoms with Gasteiger partial charge in [-0.1, -0.05) is 6.07 Å². The number of nitrogens with one attached hydrogen (secondary N) is 1. The summed E-state index contributed by atoms with van der Waals surface area (Å²) in [6, 6.07) is 5.12.